The molecule has 0 amide bonds. The van der Waals surface area contributed by atoms with Crippen molar-refractivity contribution in [2.24, 2.45) is 0 Å². The maximum Gasteiger partial charge on any atom is 0.175 e. The van der Waals surface area contributed by atoms with E-state index in [1.165, 1.54) is 24.7 Å². The van der Waals surface area contributed by atoms with E-state index in [2.05, 4.69) is 23.9 Å². The smallest absolute Gasteiger partial charge is 0.175 e. The van der Waals surface area contributed by atoms with Crippen LogP contribution in [-0.2, 0) is 16.3 Å². The van der Waals surface area contributed by atoms with Crippen LogP contribution in [0.4, 0.5) is 0 Å². The van der Waals surface area contributed by atoms with Crippen LogP contribution < -0.4 is 0 Å². The van der Waals surface area contributed by atoms with Gasteiger partial charge in [-0.2, -0.15) is 0 Å². The molecule has 21 heavy (non-hydrogen) atoms. The number of aromatic amines is 1. The van der Waals surface area contributed by atoms with Gasteiger partial charge in [0.15, 0.2) is 9.84 Å². The van der Waals surface area contributed by atoms with E-state index in [1.54, 1.807) is 6.07 Å². The Kier molecular flexibility index (Phi) is 3.58. The van der Waals surface area contributed by atoms with E-state index in [0.717, 1.165) is 29.6 Å². The van der Waals surface area contributed by atoms with Crippen molar-refractivity contribution in [1.82, 2.24) is 9.88 Å². The number of hydrogen-bond acceptors (Lipinski definition) is 3. The van der Waals surface area contributed by atoms with Crippen molar-refractivity contribution >= 4 is 20.7 Å². The van der Waals surface area contributed by atoms with Crippen LogP contribution in [0.1, 0.15) is 24.1 Å². The molecule has 2 heterocycles. The highest BCUT2D eigenvalue weighted by molar-refractivity contribution is 7.90. The topological polar surface area (TPSA) is 53.2 Å². The summed E-state index contributed by atoms with van der Waals surface area (Å²) in [5.41, 5.74) is 3.43. The van der Waals surface area contributed by atoms with Gasteiger partial charge in [-0.3, -0.25) is 0 Å². The number of hydrogen-bond donors (Lipinski definition) is 1. The highest BCUT2D eigenvalue weighted by atomic mass is 32.2. The monoisotopic (exact) mass is 306 g/mol. The Bertz CT molecular complexity index is 777. The molecule has 0 saturated carbocycles. The number of likely N-dealkylation sites (tertiary alicyclic amines) is 1. The first-order valence-electron chi connectivity index (χ1n) is 7.38. The number of fused-ring (bicyclic) bond motifs is 1. The van der Waals surface area contributed by atoms with E-state index in [9.17, 15) is 8.42 Å². The second-order valence-corrected chi connectivity index (χ2v) is 8.20. The summed E-state index contributed by atoms with van der Waals surface area (Å²) in [6.45, 7) is 3.23. The number of H-pyrrole nitrogens is 1. The second-order valence-electron chi connectivity index (χ2n) is 6.19. The first kappa shape index (κ1) is 14.6. The molecule has 1 aromatic carbocycles. The van der Waals surface area contributed by atoms with Crippen LogP contribution in [0.3, 0.4) is 0 Å². The number of sulfone groups is 1. The Hall–Kier alpha value is -1.33. The molecule has 0 radical (unpaired) electrons. The molecule has 1 aliphatic heterocycles. The molecule has 0 spiro atoms. The van der Waals surface area contributed by atoms with Crippen LogP contribution in [0, 0.1) is 6.92 Å². The van der Waals surface area contributed by atoms with Crippen LogP contribution in [0.25, 0.3) is 10.9 Å². The number of likely N-dealkylation sites (N-methyl/N-ethyl adjacent to an activating group) is 1. The van der Waals surface area contributed by atoms with Crippen molar-refractivity contribution < 1.29 is 8.42 Å². The van der Waals surface area contributed by atoms with Crippen molar-refractivity contribution in [3.63, 3.8) is 0 Å². The molecular weight excluding hydrogens is 284 g/mol. The Morgan fingerprint density at radius 1 is 1.38 bits per heavy atom. The van der Waals surface area contributed by atoms with Gasteiger partial charge in [0, 0.05) is 28.9 Å². The van der Waals surface area contributed by atoms with Gasteiger partial charge in [0.1, 0.15) is 0 Å². The minimum absolute atomic E-state index is 0.398. The standard InChI is InChI=1S/C16H22N2O2S/c1-11-14(9-12-5-4-8-18(12)2)15-10-13(21(3,19)20)6-7-16(15)17-11/h6-7,10,12,17H,4-5,8-9H2,1-3H3/t12-/m1/s1. The van der Waals surface area contributed by atoms with E-state index in [0.29, 0.717) is 10.9 Å². The van der Waals surface area contributed by atoms with Crippen LogP contribution in [0.5, 0.6) is 0 Å². The lowest BCUT2D eigenvalue weighted by atomic mass is 10.0. The summed E-state index contributed by atoms with van der Waals surface area (Å²) in [5.74, 6) is 0. The molecule has 4 nitrogen and oxygen atoms in total. The molecule has 1 aromatic heterocycles. The molecule has 2 aromatic rings. The van der Waals surface area contributed by atoms with Crippen molar-refractivity contribution in [2.75, 3.05) is 19.8 Å². The maximum absolute atomic E-state index is 11.8. The average molecular weight is 306 g/mol. The molecule has 0 aliphatic carbocycles. The third-order valence-corrected chi connectivity index (χ3v) is 5.74. The number of aromatic nitrogens is 1. The van der Waals surface area contributed by atoms with Crippen LogP contribution in [0.2, 0.25) is 0 Å². The van der Waals surface area contributed by atoms with Crippen LogP contribution in [-0.4, -0.2) is 44.2 Å². The molecule has 0 unspecified atom stereocenters. The fraction of sp³-hybridized carbons (Fsp3) is 0.500. The molecule has 1 atom stereocenters. The van der Waals surface area contributed by atoms with E-state index >= 15 is 0 Å². The third-order valence-electron chi connectivity index (χ3n) is 4.63. The normalized spacial score (nSPS) is 20.4. The quantitative estimate of drug-likeness (QED) is 0.948. The fourth-order valence-corrected chi connectivity index (χ4v) is 3.98. The minimum atomic E-state index is -3.16. The van der Waals surface area contributed by atoms with Gasteiger partial charge in [-0.25, -0.2) is 8.42 Å². The zero-order valence-corrected chi connectivity index (χ0v) is 13.6. The Morgan fingerprint density at radius 3 is 2.76 bits per heavy atom. The Labute approximate surface area is 126 Å². The highest BCUT2D eigenvalue weighted by Crippen LogP contribution is 2.29. The van der Waals surface area contributed by atoms with Gasteiger partial charge in [-0.1, -0.05) is 0 Å². The van der Waals surface area contributed by atoms with Crippen molar-refractivity contribution in [1.29, 1.82) is 0 Å². The summed E-state index contributed by atoms with van der Waals surface area (Å²) in [7, 11) is -0.994. The first-order chi connectivity index (χ1) is 9.86. The molecule has 1 fully saturated rings. The molecule has 114 valence electrons. The molecule has 0 bridgehead atoms. The Morgan fingerprint density at radius 2 is 2.14 bits per heavy atom. The number of aryl methyl sites for hydroxylation is 1. The lowest BCUT2D eigenvalue weighted by Gasteiger charge is -2.19. The SMILES string of the molecule is Cc1[nH]c2ccc(S(C)(=O)=O)cc2c1C[C@H]1CCCN1C. The van der Waals surface area contributed by atoms with Gasteiger partial charge >= 0.3 is 0 Å². The van der Waals surface area contributed by atoms with Crippen molar-refractivity contribution in [2.45, 2.75) is 37.1 Å². The van der Waals surface area contributed by atoms with Crippen molar-refractivity contribution in [3.8, 4) is 0 Å². The molecular formula is C16H22N2O2S. The summed E-state index contributed by atoms with van der Waals surface area (Å²) in [4.78, 5) is 6.18. The number of nitrogens with zero attached hydrogens (tertiary/aromatic N) is 1. The summed E-state index contributed by atoms with van der Waals surface area (Å²) >= 11 is 0. The predicted octanol–water partition coefficient (Wildman–Crippen LogP) is 2.52. The summed E-state index contributed by atoms with van der Waals surface area (Å²) in [6, 6.07) is 5.93. The van der Waals surface area contributed by atoms with Gasteiger partial charge in [-0.15, -0.1) is 0 Å². The van der Waals surface area contributed by atoms with Crippen LogP contribution >= 0.6 is 0 Å². The number of benzene rings is 1. The molecule has 1 saturated heterocycles. The summed E-state index contributed by atoms with van der Waals surface area (Å²) < 4.78 is 23.5. The predicted molar refractivity (Wildman–Crippen MR) is 85.5 cm³/mol. The highest BCUT2D eigenvalue weighted by Gasteiger charge is 2.23. The summed E-state index contributed by atoms with van der Waals surface area (Å²) in [6.07, 6.45) is 4.71. The largest absolute Gasteiger partial charge is 0.358 e. The van der Waals surface area contributed by atoms with Gasteiger partial charge in [0.25, 0.3) is 0 Å². The second kappa shape index (κ2) is 5.14. The van der Waals surface area contributed by atoms with E-state index in [4.69, 9.17) is 0 Å². The van der Waals surface area contributed by atoms with Crippen LogP contribution in [0.15, 0.2) is 23.1 Å². The zero-order valence-electron chi connectivity index (χ0n) is 12.8. The third kappa shape index (κ3) is 2.72. The van der Waals surface area contributed by atoms with E-state index in [1.807, 2.05) is 12.1 Å². The number of nitrogens with one attached hydrogen (secondary N) is 1. The number of rotatable bonds is 3. The molecule has 1 aliphatic rings. The van der Waals surface area contributed by atoms with E-state index < -0.39 is 9.84 Å². The molecule has 1 N–H and O–H groups in total. The molecule has 3 rings (SSSR count). The molecule has 5 heteroatoms. The average Bonchev–Trinajstić information content (AvgIpc) is 2.93. The fourth-order valence-electron chi connectivity index (χ4n) is 3.33. The van der Waals surface area contributed by atoms with Crippen molar-refractivity contribution in [3.05, 3.63) is 29.5 Å². The lowest BCUT2D eigenvalue weighted by molar-refractivity contribution is 0.309. The van der Waals surface area contributed by atoms with Gasteiger partial charge in [0.2, 0.25) is 0 Å². The first-order valence-corrected chi connectivity index (χ1v) is 9.27. The summed E-state index contributed by atoms with van der Waals surface area (Å²) in [5, 5.41) is 1.05. The van der Waals surface area contributed by atoms with Gasteiger partial charge in [0.05, 0.1) is 4.90 Å². The minimum Gasteiger partial charge on any atom is -0.358 e. The van der Waals surface area contributed by atoms with Gasteiger partial charge < -0.3 is 9.88 Å². The Balaban J connectivity index is 2.06. The maximum atomic E-state index is 11.8. The lowest BCUT2D eigenvalue weighted by Crippen LogP contribution is -2.26. The van der Waals surface area contributed by atoms with Gasteiger partial charge in [-0.05, 0) is 63.5 Å². The zero-order chi connectivity index (χ0) is 15.2. The van der Waals surface area contributed by atoms with E-state index in [-0.39, 0.29) is 0 Å².